The first-order valence-electron chi connectivity index (χ1n) is 11.3. The van der Waals surface area contributed by atoms with Crippen molar-refractivity contribution in [1.82, 2.24) is 14.2 Å². The van der Waals surface area contributed by atoms with Gasteiger partial charge in [0.05, 0.1) is 16.8 Å². The van der Waals surface area contributed by atoms with Gasteiger partial charge in [0.15, 0.2) is 0 Å². The van der Waals surface area contributed by atoms with Gasteiger partial charge in [-0.05, 0) is 57.1 Å². The van der Waals surface area contributed by atoms with Crippen molar-refractivity contribution in [2.24, 2.45) is 5.92 Å². The smallest absolute Gasteiger partial charge is 0.275 e. The lowest BCUT2D eigenvalue weighted by Gasteiger charge is -2.28. The minimum Gasteiger partial charge on any atom is -0.350 e. The van der Waals surface area contributed by atoms with Crippen LogP contribution >= 0.6 is 0 Å². The van der Waals surface area contributed by atoms with Crippen LogP contribution in [0.4, 0.5) is 5.69 Å². The third-order valence-electron chi connectivity index (χ3n) is 6.51. The number of rotatable bonds is 6. The zero-order valence-electron chi connectivity index (χ0n) is 18.8. The molecule has 0 radical (unpaired) electrons. The first kappa shape index (κ1) is 22.4. The second-order valence-corrected chi connectivity index (χ2v) is 10.8. The Morgan fingerprint density at radius 2 is 1.65 bits per heavy atom. The molecule has 0 saturated carbocycles. The SMILES string of the molecule is CN1CCC(CS(=O)(=O)n2cc(C3=C(Nc4ccccc4)C(=O)NC3=O)c3ccccc32)CC1. The van der Waals surface area contributed by atoms with Crippen LogP contribution in [-0.4, -0.2) is 55.0 Å². The maximum absolute atomic E-state index is 13.5. The molecule has 0 bridgehead atoms. The third-order valence-corrected chi connectivity index (χ3v) is 8.30. The number of hydrogen-bond acceptors (Lipinski definition) is 6. The minimum absolute atomic E-state index is 0.0399. The van der Waals surface area contributed by atoms with Crippen LogP contribution in [0, 0.1) is 5.92 Å². The van der Waals surface area contributed by atoms with Crippen LogP contribution in [0.3, 0.4) is 0 Å². The number of piperidine rings is 1. The summed E-state index contributed by atoms with van der Waals surface area (Å²) in [5, 5.41) is 5.97. The quantitative estimate of drug-likeness (QED) is 0.529. The Hall–Kier alpha value is -3.43. The molecule has 1 aromatic heterocycles. The zero-order valence-corrected chi connectivity index (χ0v) is 19.6. The summed E-state index contributed by atoms with van der Waals surface area (Å²) in [7, 11) is -1.64. The van der Waals surface area contributed by atoms with E-state index in [1.165, 1.54) is 10.2 Å². The van der Waals surface area contributed by atoms with Gasteiger partial charge in [0.2, 0.25) is 10.0 Å². The van der Waals surface area contributed by atoms with E-state index in [1.807, 2.05) is 25.2 Å². The van der Waals surface area contributed by atoms with E-state index < -0.39 is 21.8 Å². The van der Waals surface area contributed by atoms with Gasteiger partial charge in [0, 0.05) is 22.8 Å². The van der Waals surface area contributed by atoms with Gasteiger partial charge < -0.3 is 10.2 Å². The van der Waals surface area contributed by atoms with E-state index in [0.717, 1.165) is 25.9 Å². The predicted octanol–water partition coefficient (Wildman–Crippen LogP) is 2.64. The molecule has 9 heteroatoms. The van der Waals surface area contributed by atoms with Crippen molar-refractivity contribution in [3.8, 4) is 0 Å². The fraction of sp³-hybridized carbons (Fsp3) is 0.280. The van der Waals surface area contributed by atoms with Crippen molar-refractivity contribution in [3.05, 3.63) is 72.1 Å². The number of nitrogens with one attached hydrogen (secondary N) is 2. The zero-order chi connectivity index (χ0) is 23.9. The Balaban J connectivity index is 1.59. The van der Waals surface area contributed by atoms with Gasteiger partial charge in [-0.15, -0.1) is 0 Å². The summed E-state index contributed by atoms with van der Waals surface area (Å²) in [5.74, 6) is -0.983. The number of fused-ring (bicyclic) bond motifs is 1. The van der Waals surface area contributed by atoms with Gasteiger partial charge in [0.25, 0.3) is 11.8 Å². The number of carbonyl (C=O) groups is 2. The highest BCUT2D eigenvalue weighted by Crippen LogP contribution is 2.34. The number of anilines is 1. The van der Waals surface area contributed by atoms with Crippen LogP contribution < -0.4 is 10.6 Å². The molecule has 2 aromatic carbocycles. The fourth-order valence-electron chi connectivity index (χ4n) is 4.68. The lowest BCUT2D eigenvalue weighted by atomic mass is 10.00. The van der Waals surface area contributed by atoms with E-state index in [2.05, 4.69) is 15.5 Å². The maximum atomic E-state index is 13.5. The first-order valence-corrected chi connectivity index (χ1v) is 12.9. The number of likely N-dealkylation sites (tertiary alicyclic amines) is 1. The van der Waals surface area contributed by atoms with Gasteiger partial charge in [0.1, 0.15) is 5.70 Å². The van der Waals surface area contributed by atoms with Crippen LogP contribution in [-0.2, 0) is 19.6 Å². The molecule has 1 fully saturated rings. The van der Waals surface area contributed by atoms with Crippen LogP contribution in [0.1, 0.15) is 18.4 Å². The summed E-state index contributed by atoms with van der Waals surface area (Å²) < 4.78 is 28.3. The average Bonchev–Trinajstić information content (AvgIpc) is 3.33. The fourth-order valence-corrected chi connectivity index (χ4v) is 6.50. The molecule has 34 heavy (non-hydrogen) atoms. The molecule has 5 rings (SSSR count). The van der Waals surface area contributed by atoms with Gasteiger partial charge in [-0.2, -0.15) is 0 Å². The summed E-state index contributed by atoms with van der Waals surface area (Å²) in [6, 6.07) is 16.1. The minimum atomic E-state index is -3.68. The molecule has 176 valence electrons. The van der Waals surface area contributed by atoms with E-state index in [-0.39, 0.29) is 22.9 Å². The number of hydrogen-bond donors (Lipinski definition) is 2. The molecule has 1 saturated heterocycles. The van der Waals surface area contributed by atoms with Gasteiger partial charge in [-0.3, -0.25) is 14.9 Å². The van der Waals surface area contributed by atoms with Crippen molar-refractivity contribution in [2.75, 3.05) is 31.2 Å². The maximum Gasteiger partial charge on any atom is 0.275 e. The van der Waals surface area contributed by atoms with Crippen LogP contribution in [0.15, 0.2) is 66.5 Å². The van der Waals surface area contributed by atoms with E-state index in [4.69, 9.17) is 0 Å². The lowest BCUT2D eigenvalue weighted by molar-refractivity contribution is -0.123. The highest BCUT2D eigenvalue weighted by Gasteiger charge is 2.35. The van der Waals surface area contributed by atoms with E-state index >= 15 is 0 Å². The molecule has 0 spiro atoms. The topological polar surface area (TPSA) is 101 Å². The lowest BCUT2D eigenvalue weighted by Crippen LogP contribution is -2.34. The third kappa shape index (κ3) is 4.12. The second-order valence-electron chi connectivity index (χ2n) is 8.91. The molecule has 3 aromatic rings. The van der Waals surface area contributed by atoms with Crippen LogP contribution in [0.25, 0.3) is 16.5 Å². The molecule has 2 amide bonds. The van der Waals surface area contributed by atoms with Crippen molar-refractivity contribution >= 4 is 44.0 Å². The monoisotopic (exact) mass is 478 g/mol. The molecular formula is C25H26N4O4S. The standard InChI is InChI=1S/C25H26N4O4S/c1-28-13-11-17(12-14-28)16-34(32,33)29-15-20(19-9-5-6-10-21(19)29)22-23(25(31)27-24(22)30)26-18-7-3-2-4-8-18/h2-10,15,17H,11-14,16H2,1H3,(H2,26,27,30,31). The van der Waals surface area contributed by atoms with E-state index in [1.54, 1.807) is 36.4 Å². The molecular weight excluding hydrogens is 452 g/mol. The molecule has 0 atom stereocenters. The number of imide groups is 1. The Morgan fingerprint density at radius 3 is 2.38 bits per heavy atom. The first-order chi connectivity index (χ1) is 16.3. The highest BCUT2D eigenvalue weighted by molar-refractivity contribution is 7.90. The summed E-state index contributed by atoms with van der Waals surface area (Å²) in [4.78, 5) is 27.7. The Kier molecular flexibility index (Phi) is 5.75. The molecule has 2 N–H and O–H groups in total. The summed E-state index contributed by atoms with van der Waals surface area (Å²) in [6.45, 7) is 1.75. The molecule has 2 aliphatic heterocycles. The Bertz CT molecular complexity index is 1400. The molecule has 8 nitrogen and oxygen atoms in total. The van der Waals surface area contributed by atoms with Crippen molar-refractivity contribution < 1.29 is 18.0 Å². The Labute approximate surface area is 198 Å². The largest absolute Gasteiger partial charge is 0.350 e. The van der Waals surface area contributed by atoms with Gasteiger partial charge in [-0.1, -0.05) is 36.4 Å². The van der Waals surface area contributed by atoms with Crippen molar-refractivity contribution in [1.29, 1.82) is 0 Å². The van der Waals surface area contributed by atoms with Crippen LogP contribution in [0.2, 0.25) is 0 Å². The number of amides is 2. The van der Waals surface area contributed by atoms with Gasteiger partial charge in [-0.25, -0.2) is 12.4 Å². The number of aromatic nitrogens is 1. The molecule has 0 unspecified atom stereocenters. The van der Waals surface area contributed by atoms with Crippen molar-refractivity contribution in [3.63, 3.8) is 0 Å². The molecule has 2 aliphatic rings. The number of nitrogens with zero attached hydrogens (tertiary/aromatic N) is 2. The van der Waals surface area contributed by atoms with Crippen molar-refractivity contribution in [2.45, 2.75) is 12.8 Å². The normalized spacial score (nSPS) is 18.0. The van der Waals surface area contributed by atoms with Gasteiger partial charge >= 0.3 is 0 Å². The predicted molar refractivity (Wildman–Crippen MR) is 131 cm³/mol. The highest BCUT2D eigenvalue weighted by atomic mass is 32.2. The number of carbonyl (C=O) groups excluding carboxylic acids is 2. The summed E-state index contributed by atoms with van der Waals surface area (Å²) >= 11 is 0. The molecule has 3 heterocycles. The number of benzene rings is 2. The number of para-hydroxylation sites is 2. The summed E-state index contributed by atoms with van der Waals surface area (Å²) in [5.41, 5.74) is 1.79. The molecule has 0 aliphatic carbocycles. The Morgan fingerprint density at radius 1 is 0.971 bits per heavy atom. The second kappa shape index (κ2) is 8.73. The van der Waals surface area contributed by atoms with Crippen LogP contribution in [0.5, 0.6) is 0 Å². The average molecular weight is 479 g/mol. The van der Waals surface area contributed by atoms with E-state index in [0.29, 0.717) is 22.2 Å². The summed E-state index contributed by atoms with van der Waals surface area (Å²) in [6.07, 6.45) is 3.14. The van der Waals surface area contributed by atoms with E-state index in [9.17, 15) is 18.0 Å².